The van der Waals surface area contributed by atoms with Crippen molar-refractivity contribution in [2.75, 3.05) is 88.8 Å². The Bertz CT molecular complexity index is 3330. The number of nitrogens with one attached hydrogen (secondary N) is 1. The Hall–Kier alpha value is -6.55. The van der Waals surface area contributed by atoms with Gasteiger partial charge in [-0.2, -0.15) is 8.61 Å². The molecule has 1 N–H and O–H groups in total. The van der Waals surface area contributed by atoms with Gasteiger partial charge in [0.25, 0.3) is 27.7 Å². The number of pyridine rings is 3. The van der Waals surface area contributed by atoms with Crippen molar-refractivity contribution in [2.45, 2.75) is 168 Å². The van der Waals surface area contributed by atoms with Crippen LogP contribution in [0.15, 0.2) is 99.6 Å². The predicted octanol–water partition coefficient (Wildman–Crippen LogP) is 12.9. The Morgan fingerprint density at radius 2 is 0.989 bits per heavy atom. The molecular weight excluding hydrogens is 1330 g/mol. The molecule has 0 aliphatic carbocycles. The highest BCUT2D eigenvalue weighted by Crippen LogP contribution is 2.35. The molecule has 0 bridgehead atoms. The fourth-order valence-electron chi connectivity index (χ4n) is 8.85. The molecule has 4 atom stereocenters. The number of ether oxygens (including phenoxy) is 11. The average Bonchev–Trinajstić information content (AvgIpc) is 1.71. The maximum atomic E-state index is 13.8. The summed E-state index contributed by atoms with van der Waals surface area (Å²) < 4.78 is 114. The minimum Gasteiger partial charge on any atom is -0.488 e. The van der Waals surface area contributed by atoms with Crippen molar-refractivity contribution in [3.63, 3.8) is 0 Å². The molecule has 1 saturated heterocycles. The molecule has 6 rings (SSSR count). The zero-order chi connectivity index (χ0) is 71.3. The van der Waals surface area contributed by atoms with E-state index in [0.29, 0.717) is 110 Å². The monoisotopic (exact) mass is 1430 g/mol. The van der Waals surface area contributed by atoms with Crippen LogP contribution >= 0.6 is 15.9 Å². The molecule has 95 heavy (non-hydrogen) atoms. The number of aryl methyl sites for hydroxylation is 2. The highest BCUT2D eigenvalue weighted by Gasteiger charge is 2.46. The Morgan fingerprint density at radius 1 is 0.579 bits per heavy atom. The first-order chi connectivity index (χ1) is 44.7. The van der Waals surface area contributed by atoms with Crippen molar-refractivity contribution in [1.29, 1.82) is 0 Å². The Morgan fingerprint density at radius 3 is 1.37 bits per heavy atom. The van der Waals surface area contributed by atoms with Crippen LogP contribution in [0.5, 0.6) is 34.9 Å². The molecule has 1 aliphatic rings. The third-order valence-electron chi connectivity index (χ3n) is 14.0. The van der Waals surface area contributed by atoms with Gasteiger partial charge in [0.1, 0.15) is 11.2 Å². The molecule has 26 heteroatoms. The molecule has 0 spiro atoms. The van der Waals surface area contributed by atoms with Crippen LogP contribution in [0.4, 0.5) is 9.59 Å². The molecule has 3 aromatic heterocycles. The van der Waals surface area contributed by atoms with Crippen LogP contribution in [0, 0.1) is 31.6 Å². The van der Waals surface area contributed by atoms with E-state index in [-0.39, 0.29) is 35.2 Å². The average molecular weight is 1430 g/mol. The third kappa shape index (κ3) is 29.0. The number of methoxy groups -OCH3 is 6. The molecule has 2 amide bonds. The lowest BCUT2D eigenvalue weighted by atomic mass is 9.97. The smallest absolute Gasteiger partial charge is 0.424 e. The number of sulfonamides is 2. The van der Waals surface area contributed by atoms with Gasteiger partial charge < -0.3 is 57.4 Å². The first-order valence-corrected chi connectivity index (χ1v) is 35.4. The van der Waals surface area contributed by atoms with Gasteiger partial charge in [0.15, 0.2) is 17.2 Å². The summed E-state index contributed by atoms with van der Waals surface area (Å²) in [4.78, 5) is 38.7. The standard InChI is InChI=1S/C27H40N2O7S.C20H34N2O5.C12H17NO2S.C10H14BrNO3/c1-19(2)23(16-21-17-24(25(34-8)28-18-21)35-15-9-14-33-7)29(26(30)36-27(4,5)6)37(31,32)22-12-10-20(3)11-13-22;1-14(2)16(22-19(23)27-20(3,4)5)11-15-12-17(18(25-7)21-13-15)26-10-8-9-24-6;1-9(2)12-8-13(12)16(14,15)11-6-4-10(3)5-7-11;1-13-4-3-5-15-9-6-8(11)7-12-10(9)14-2/h10-13,17-19,23H,9,14-16H2,1-8H3;12-14,16H,8-11H2,1-7H3,(H,22,23);4-7,9,12H,8H2,1-3H3;6-7H,3-5H2,1-2H3/t23-;16-;12-,13?;/m000./s1. The van der Waals surface area contributed by atoms with Crippen LogP contribution in [0.1, 0.15) is 125 Å². The maximum absolute atomic E-state index is 13.8. The van der Waals surface area contributed by atoms with Crippen molar-refractivity contribution in [2.24, 2.45) is 17.8 Å². The van der Waals surface area contributed by atoms with E-state index >= 15 is 0 Å². The number of hydrogen-bond donors (Lipinski definition) is 1. The van der Waals surface area contributed by atoms with Crippen molar-refractivity contribution in [3.8, 4) is 34.9 Å². The number of amides is 2. The normalized spacial score (nSPS) is 14.3. The summed E-state index contributed by atoms with van der Waals surface area (Å²) in [5.74, 6) is 3.30. The number of halogens is 1. The zero-order valence-electron chi connectivity index (χ0n) is 59.4. The van der Waals surface area contributed by atoms with Crippen LogP contribution in [-0.2, 0) is 56.6 Å². The summed E-state index contributed by atoms with van der Waals surface area (Å²) in [5.41, 5.74) is 2.21. The summed E-state index contributed by atoms with van der Waals surface area (Å²) in [6.45, 7) is 30.4. The Balaban J connectivity index is 0.000000353. The molecule has 23 nitrogen and oxygen atoms in total. The van der Waals surface area contributed by atoms with Gasteiger partial charge >= 0.3 is 12.2 Å². The molecular formula is C69H105BrN6O17S2. The van der Waals surface area contributed by atoms with Gasteiger partial charge in [-0.1, -0.05) is 76.9 Å². The largest absolute Gasteiger partial charge is 0.488 e. The molecule has 532 valence electrons. The summed E-state index contributed by atoms with van der Waals surface area (Å²) in [7, 11) is 2.10. The lowest BCUT2D eigenvalue weighted by molar-refractivity contribution is 0.0306. The summed E-state index contributed by atoms with van der Waals surface area (Å²) in [5, 5.41) is 2.95. The molecule has 5 aromatic rings. The minimum atomic E-state index is -4.23. The second-order valence-corrected chi connectivity index (χ2v) is 30.1. The van der Waals surface area contributed by atoms with Gasteiger partial charge in [0, 0.05) is 108 Å². The van der Waals surface area contributed by atoms with E-state index in [1.807, 2.05) is 72.7 Å². The highest BCUT2D eigenvalue weighted by molar-refractivity contribution is 9.10. The number of carbonyl (C=O) groups is 2. The Labute approximate surface area is 574 Å². The SMILES string of the molecule is COCCCOc1cc(Br)cnc1OC.COCCCOc1cc(C[C@@H](C(C)C)N(C(=O)OC(C)(C)C)S(=O)(=O)c2ccc(C)cc2)cnc1OC.COCCCOc1cc(C[C@H](NC(=O)OC(C)(C)C)C(C)C)cnc1OC.Cc1ccc(S(=O)(=O)N2C[C@H]2C(C)C)cc1. The van der Waals surface area contributed by atoms with Crippen LogP contribution in [-0.4, -0.2) is 171 Å². The van der Waals surface area contributed by atoms with Crippen LogP contribution < -0.4 is 33.7 Å². The molecule has 1 fully saturated rings. The van der Waals surface area contributed by atoms with Gasteiger partial charge in [-0.3, -0.25) is 0 Å². The lowest BCUT2D eigenvalue weighted by Crippen LogP contribution is -2.50. The van der Waals surface area contributed by atoms with E-state index in [9.17, 15) is 26.4 Å². The minimum absolute atomic E-state index is 0.0182. The van der Waals surface area contributed by atoms with Crippen molar-refractivity contribution >= 4 is 48.2 Å². The van der Waals surface area contributed by atoms with Gasteiger partial charge in [0.05, 0.1) is 57.0 Å². The van der Waals surface area contributed by atoms with Gasteiger partial charge in [0.2, 0.25) is 10.0 Å². The molecule has 0 saturated carbocycles. The van der Waals surface area contributed by atoms with Crippen molar-refractivity contribution in [3.05, 3.63) is 112 Å². The third-order valence-corrected chi connectivity index (χ3v) is 18.1. The van der Waals surface area contributed by atoms with E-state index in [1.54, 1.807) is 110 Å². The van der Waals surface area contributed by atoms with E-state index in [2.05, 4.69) is 63.9 Å². The second-order valence-electron chi connectivity index (χ2n) is 25.5. The molecule has 0 radical (unpaired) electrons. The fraction of sp³-hybridized carbons (Fsp3) is 0.580. The Kier molecular flexibility index (Phi) is 35.0. The van der Waals surface area contributed by atoms with Crippen molar-refractivity contribution < 1.29 is 78.5 Å². The number of hydrogen-bond acceptors (Lipinski definition) is 20. The van der Waals surface area contributed by atoms with Crippen LogP contribution in [0.3, 0.4) is 0 Å². The van der Waals surface area contributed by atoms with Gasteiger partial charge in [-0.25, -0.2) is 41.4 Å². The first kappa shape index (κ1) is 82.7. The van der Waals surface area contributed by atoms with Crippen LogP contribution in [0.2, 0.25) is 0 Å². The molecule has 1 aliphatic heterocycles. The van der Waals surface area contributed by atoms with Crippen LogP contribution in [0.25, 0.3) is 0 Å². The van der Waals surface area contributed by atoms with Gasteiger partial charge in [-0.15, -0.1) is 0 Å². The zero-order valence-corrected chi connectivity index (χ0v) is 62.6. The molecule has 4 heterocycles. The molecule has 2 aromatic carbocycles. The highest BCUT2D eigenvalue weighted by atomic mass is 79.9. The number of aromatic nitrogens is 3. The summed E-state index contributed by atoms with van der Waals surface area (Å²) in [6.07, 6.45) is 6.78. The predicted molar refractivity (Wildman–Crippen MR) is 370 cm³/mol. The topological polar surface area (TPSA) is 261 Å². The lowest BCUT2D eigenvalue weighted by Gasteiger charge is -2.35. The fourth-order valence-corrected chi connectivity index (χ4v) is 12.5. The van der Waals surface area contributed by atoms with E-state index in [4.69, 9.17) is 52.1 Å². The number of carbonyl (C=O) groups excluding carboxylic acids is 2. The summed E-state index contributed by atoms with van der Waals surface area (Å²) >= 11 is 3.33. The number of alkyl carbamates (subject to hydrolysis) is 1. The molecule has 1 unspecified atom stereocenters. The first-order valence-electron chi connectivity index (χ1n) is 31.7. The number of nitrogens with zero attached hydrogens (tertiary/aromatic N) is 5. The van der Waals surface area contributed by atoms with Crippen molar-refractivity contribution in [1.82, 2.24) is 28.9 Å². The maximum Gasteiger partial charge on any atom is 0.424 e. The summed E-state index contributed by atoms with van der Waals surface area (Å²) in [6, 6.07) is 18.3. The van der Waals surface area contributed by atoms with E-state index in [0.717, 1.165) is 38.3 Å². The number of rotatable bonds is 31. The van der Waals surface area contributed by atoms with Gasteiger partial charge in [-0.05, 0) is 149 Å². The quantitative estimate of drug-likeness (QED) is 0.0319. The second kappa shape index (κ2) is 40.2. The van der Waals surface area contributed by atoms with E-state index in [1.165, 1.54) is 19.2 Å². The number of benzene rings is 2. The van der Waals surface area contributed by atoms with E-state index < -0.39 is 49.5 Å².